The lowest BCUT2D eigenvalue weighted by Gasteiger charge is -2.10. The molecule has 1 aromatic carbocycles. The van der Waals surface area contributed by atoms with Crippen LogP contribution in [0.25, 0.3) is 11.0 Å². The molecule has 0 saturated heterocycles. The second-order valence-corrected chi connectivity index (χ2v) is 3.68. The molecule has 18 heavy (non-hydrogen) atoms. The van der Waals surface area contributed by atoms with Crippen molar-refractivity contribution in [3.63, 3.8) is 0 Å². The van der Waals surface area contributed by atoms with Crippen molar-refractivity contribution < 1.29 is 14.6 Å². The van der Waals surface area contributed by atoms with Gasteiger partial charge in [-0.3, -0.25) is 4.79 Å². The number of carbonyl (C=O) groups excluding carboxylic acids is 1. The van der Waals surface area contributed by atoms with E-state index in [-0.39, 0.29) is 12.2 Å². The number of aromatic amines is 1. The van der Waals surface area contributed by atoms with E-state index in [4.69, 9.17) is 4.74 Å². The molecule has 0 amide bonds. The first-order valence-corrected chi connectivity index (χ1v) is 5.45. The molecule has 1 heterocycles. The van der Waals surface area contributed by atoms with Crippen LogP contribution >= 0.6 is 0 Å². The maximum absolute atomic E-state index is 11.4. The number of hydrogen-bond acceptors (Lipinski definition) is 5. The van der Waals surface area contributed by atoms with E-state index >= 15 is 0 Å². The Bertz CT molecular complexity index is 635. The molecule has 2 N–H and O–H groups in total. The number of nitrogens with zero attached hydrogens (tertiary/aromatic N) is 1. The maximum Gasteiger partial charge on any atom is 0.339 e. The van der Waals surface area contributed by atoms with Gasteiger partial charge in [-0.15, -0.1) is 0 Å². The summed E-state index contributed by atoms with van der Waals surface area (Å²) < 4.78 is 4.72. The first-order chi connectivity index (χ1) is 8.61. The van der Waals surface area contributed by atoms with Crippen LogP contribution in [0.4, 0.5) is 0 Å². The summed E-state index contributed by atoms with van der Waals surface area (Å²) in [6, 6.07) is 4.66. The zero-order valence-corrected chi connectivity index (χ0v) is 9.71. The summed E-state index contributed by atoms with van der Waals surface area (Å²) in [5.41, 5.74) is 1.11. The van der Waals surface area contributed by atoms with Crippen molar-refractivity contribution in [1.29, 1.82) is 0 Å². The molecule has 94 valence electrons. The fraction of sp³-hybridized carbons (Fsp3) is 0.250. The van der Waals surface area contributed by atoms with Gasteiger partial charge in [0.2, 0.25) is 0 Å². The maximum atomic E-state index is 11.4. The highest BCUT2D eigenvalue weighted by Gasteiger charge is 2.18. The Balaban J connectivity index is 2.38. The van der Waals surface area contributed by atoms with Gasteiger partial charge in [-0.25, -0.2) is 9.78 Å². The van der Waals surface area contributed by atoms with Crippen molar-refractivity contribution in [2.24, 2.45) is 0 Å². The van der Waals surface area contributed by atoms with E-state index in [9.17, 15) is 14.7 Å². The normalized spacial score (nSPS) is 12.3. The summed E-state index contributed by atoms with van der Waals surface area (Å²) in [5, 5.41) is 9.76. The minimum atomic E-state index is -1.34. The van der Waals surface area contributed by atoms with Crippen LogP contribution < -0.4 is 5.56 Å². The molecule has 1 aromatic heterocycles. The van der Waals surface area contributed by atoms with Crippen molar-refractivity contribution in [3.05, 3.63) is 40.3 Å². The molecule has 6 heteroatoms. The van der Waals surface area contributed by atoms with Crippen LogP contribution in [0.15, 0.2) is 29.2 Å². The topological polar surface area (TPSA) is 92.3 Å². The van der Waals surface area contributed by atoms with Gasteiger partial charge in [0.1, 0.15) is 0 Å². The van der Waals surface area contributed by atoms with Crippen LogP contribution in [0.2, 0.25) is 0 Å². The van der Waals surface area contributed by atoms with E-state index in [1.54, 1.807) is 19.1 Å². The Morgan fingerprint density at radius 2 is 2.33 bits per heavy atom. The molecule has 2 rings (SSSR count). The van der Waals surface area contributed by atoms with Crippen molar-refractivity contribution in [3.8, 4) is 0 Å². The summed E-state index contributed by atoms with van der Waals surface area (Å²) >= 11 is 0. The summed E-state index contributed by atoms with van der Waals surface area (Å²) in [6.07, 6.45) is -0.203. The second-order valence-electron chi connectivity index (χ2n) is 3.68. The molecule has 0 fully saturated rings. The Kier molecular flexibility index (Phi) is 3.38. The highest BCUT2D eigenvalue weighted by atomic mass is 16.5. The first-order valence-electron chi connectivity index (χ1n) is 5.45. The van der Waals surface area contributed by atoms with Crippen LogP contribution in [0, 0.1) is 0 Å². The lowest BCUT2D eigenvalue weighted by atomic mass is 10.1. The van der Waals surface area contributed by atoms with Gasteiger partial charge in [0, 0.05) is 0 Å². The summed E-state index contributed by atoms with van der Waals surface area (Å²) in [7, 11) is 0. The van der Waals surface area contributed by atoms with Gasteiger partial charge in [0.15, 0.2) is 6.10 Å². The van der Waals surface area contributed by atoms with Crippen LogP contribution in [0.5, 0.6) is 0 Å². The average Bonchev–Trinajstić information content (AvgIpc) is 2.37. The Hall–Kier alpha value is -2.21. The molecular formula is C12H12N2O4. The molecule has 0 bridgehead atoms. The van der Waals surface area contributed by atoms with Crippen molar-refractivity contribution >= 4 is 17.0 Å². The predicted molar refractivity (Wildman–Crippen MR) is 64.0 cm³/mol. The van der Waals surface area contributed by atoms with Gasteiger partial charge in [0.05, 0.1) is 23.8 Å². The number of benzene rings is 1. The molecular weight excluding hydrogens is 236 g/mol. The van der Waals surface area contributed by atoms with Gasteiger partial charge in [-0.1, -0.05) is 6.07 Å². The minimum absolute atomic E-state index is 0.203. The lowest BCUT2D eigenvalue weighted by molar-refractivity contribution is -0.153. The van der Waals surface area contributed by atoms with E-state index in [1.165, 1.54) is 6.07 Å². The molecule has 0 aliphatic carbocycles. The number of esters is 1. The van der Waals surface area contributed by atoms with E-state index in [0.29, 0.717) is 16.6 Å². The quantitative estimate of drug-likeness (QED) is 0.772. The zero-order chi connectivity index (χ0) is 13.1. The lowest BCUT2D eigenvalue weighted by Crippen LogP contribution is -2.15. The molecule has 0 saturated carbocycles. The number of aromatic nitrogens is 2. The third-order valence-electron chi connectivity index (χ3n) is 2.43. The number of aliphatic hydroxyl groups is 1. The van der Waals surface area contributed by atoms with E-state index in [1.807, 2.05) is 0 Å². The second kappa shape index (κ2) is 4.97. The molecule has 1 unspecified atom stereocenters. The van der Waals surface area contributed by atoms with Crippen molar-refractivity contribution in [2.45, 2.75) is 13.0 Å². The van der Waals surface area contributed by atoms with E-state index < -0.39 is 12.1 Å². The Labute approximate surface area is 102 Å². The van der Waals surface area contributed by atoms with Crippen molar-refractivity contribution in [2.75, 3.05) is 6.61 Å². The Morgan fingerprint density at radius 1 is 1.56 bits per heavy atom. The number of fused-ring (bicyclic) bond motifs is 1. The number of ether oxygens (including phenoxy) is 1. The monoisotopic (exact) mass is 248 g/mol. The van der Waals surface area contributed by atoms with Gasteiger partial charge >= 0.3 is 5.97 Å². The highest BCUT2D eigenvalue weighted by molar-refractivity contribution is 5.80. The summed E-state index contributed by atoms with van der Waals surface area (Å²) in [6.45, 7) is 1.87. The smallest absolute Gasteiger partial charge is 0.339 e. The molecule has 1 atom stereocenters. The van der Waals surface area contributed by atoms with E-state index in [2.05, 4.69) is 9.97 Å². The molecule has 6 nitrogen and oxygen atoms in total. The number of rotatable bonds is 3. The number of nitrogens with one attached hydrogen (secondary N) is 1. The molecule has 0 aliphatic heterocycles. The van der Waals surface area contributed by atoms with Crippen LogP contribution in [-0.2, 0) is 9.53 Å². The minimum Gasteiger partial charge on any atom is -0.464 e. The zero-order valence-electron chi connectivity index (χ0n) is 9.71. The van der Waals surface area contributed by atoms with Crippen LogP contribution in [0.3, 0.4) is 0 Å². The number of hydrogen-bond donors (Lipinski definition) is 2. The summed E-state index contributed by atoms with van der Waals surface area (Å²) in [5.74, 6) is -0.707. The molecule has 0 radical (unpaired) electrons. The number of aliphatic hydroxyl groups excluding tert-OH is 1. The van der Waals surface area contributed by atoms with Crippen LogP contribution in [0.1, 0.15) is 18.6 Å². The van der Waals surface area contributed by atoms with Gasteiger partial charge < -0.3 is 14.8 Å². The third kappa shape index (κ3) is 2.38. The standard InChI is InChI=1S/C12H12N2O4/c1-2-18-12(17)11(16)7-3-4-8-9(5-7)13-6-10(15)14-8/h3-6,11,16H,2H2,1H3,(H,14,15). The Morgan fingerprint density at radius 3 is 3.06 bits per heavy atom. The largest absolute Gasteiger partial charge is 0.464 e. The van der Waals surface area contributed by atoms with Crippen molar-refractivity contribution in [1.82, 2.24) is 9.97 Å². The fourth-order valence-corrected chi connectivity index (χ4v) is 1.58. The highest BCUT2D eigenvalue weighted by Crippen LogP contribution is 2.18. The first kappa shape index (κ1) is 12.3. The van der Waals surface area contributed by atoms with Gasteiger partial charge in [-0.05, 0) is 24.6 Å². The van der Waals surface area contributed by atoms with Gasteiger partial charge in [0.25, 0.3) is 5.56 Å². The SMILES string of the molecule is CCOC(=O)C(O)c1ccc2[nH]c(=O)cnc2c1. The molecule has 0 spiro atoms. The molecule has 0 aliphatic rings. The average molecular weight is 248 g/mol. The number of carbonyl (C=O) groups is 1. The predicted octanol–water partition coefficient (Wildman–Crippen LogP) is 0.520. The van der Waals surface area contributed by atoms with Crippen LogP contribution in [-0.4, -0.2) is 27.7 Å². The molecule has 2 aromatic rings. The summed E-state index contributed by atoms with van der Waals surface area (Å²) in [4.78, 5) is 29.0. The van der Waals surface area contributed by atoms with Gasteiger partial charge in [-0.2, -0.15) is 0 Å². The number of H-pyrrole nitrogens is 1. The fourth-order valence-electron chi connectivity index (χ4n) is 1.58. The van der Waals surface area contributed by atoms with E-state index in [0.717, 1.165) is 6.20 Å². The third-order valence-corrected chi connectivity index (χ3v) is 2.43.